The zero-order chi connectivity index (χ0) is 21.7. The molecule has 2 fully saturated rings. The number of piperidine rings is 1. The molecule has 30 heavy (non-hydrogen) atoms. The number of nitrogens with zero attached hydrogens (tertiary/aromatic N) is 1. The summed E-state index contributed by atoms with van der Waals surface area (Å²) >= 11 is 6.11. The van der Waals surface area contributed by atoms with Crippen LogP contribution >= 0.6 is 11.6 Å². The van der Waals surface area contributed by atoms with Crippen LogP contribution in [0.5, 0.6) is 0 Å². The minimum absolute atomic E-state index is 0.00114. The quantitative estimate of drug-likeness (QED) is 0.662. The zero-order valence-corrected chi connectivity index (χ0v) is 18.8. The Bertz CT molecular complexity index is 883. The number of benzene rings is 1. The first-order chi connectivity index (χ1) is 14.3. The van der Waals surface area contributed by atoms with Crippen LogP contribution in [0, 0.1) is 5.92 Å². The van der Waals surface area contributed by atoms with Gasteiger partial charge in [-0.05, 0) is 49.8 Å². The lowest BCUT2D eigenvalue weighted by Gasteiger charge is -2.29. The van der Waals surface area contributed by atoms with Crippen molar-refractivity contribution in [2.45, 2.75) is 62.8 Å². The van der Waals surface area contributed by atoms with E-state index < -0.39 is 22.6 Å². The van der Waals surface area contributed by atoms with Crippen molar-refractivity contribution in [2.75, 3.05) is 19.7 Å². The highest BCUT2D eigenvalue weighted by Crippen LogP contribution is 2.26. The summed E-state index contributed by atoms with van der Waals surface area (Å²) in [7, 11) is -3.70. The number of carbonyl (C=O) groups excluding carboxylic acids is 2. The van der Waals surface area contributed by atoms with Gasteiger partial charge >= 0.3 is 5.97 Å². The highest BCUT2D eigenvalue weighted by atomic mass is 35.5. The number of carbonyl (C=O) groups is 2. The second-order valence-electron chi connectivity index (χ2n) is 8.12. The van der Waals surface area contributed by atoms with E-state index in [-0.39, 0.29) is 27.4 Å². The van der Waals surface area contributed by atoms with Crippen LogP contribution in [0.15, 0.2) is 23.1 Å². The molecule has 1 aromatic rings. The van der Waals surface area contributed by atoms with Gasteiger partial charge in [0.1, 0.15) is 0 Å². The van der Waals surface area contributed by atoms with E-state index in [2.05, 4.69) is 12.2 Å². The number of amides is 1. The van der Waals surface area contributed by atoms with Crippen molar-refractivity contribution in [3.63, 3.8) is 0 Å². The standard InChI is InChI=1S/C21H29ClN2O5S/c1-15-7-3-4-8-19(15)23-20(25)14-29-21(26)17-13-16(9-10-18(17)22)30(27,28)24-11-5-2-6-12-24/h9-10,13,15,19H,2-8,11-12,14H2,1H3,(H,23,25)/t15-,19+/m1/s1. The number of ether oxygens (including phenoxy) is 1. The van der Waals surface area contributed by atoms with Gasteiger partial charge in [0.15, 0.2) is 6.61 Å². The van der Waals surface area contributed by atoms with Crippen LogP contribution in [-0.4, -0.2) is 50.3 Å². The Kier molecular flexibility index (Phi) is 7.76. The molecule has 9 heteroatoms. The van der Waals surface area contributed by atoms with Gasteiger partial charge in [-0.15, -0.1) is 0 Å². The van der Waals surface area contributed by atoms with Gasteiger partial charge in [0.05, 0.1) is 15.5 Å². The van der Waals surface area contributed by atoms with Crippen LogP contribution in [0.25, 0.3) is 0 Å². The fourth-order valence-corrected chi connectivity index (χ4v) is 5.80. The molecule has 3 rings (SSSR count). The Labute approximate surface area is 183 Å². The second kappa shape index (κ2) is 10.1. The smallest absolute Gasteiger partial charge is 0.340 e. The lowest BCUT2D eigenvalue weighted by molar-refractivity contribution is -0.125. The van der Waals surface area contributed by atoms with Gasteiger partial charge in [0, 0.05) is 19.1 Å². The molecule has 1 amide bonds. The molecule has 0 unspecified atom stereocenters. The fourth-order valence-electron chi connectivity index (χ4n) is 4.06. The topological polar surface area (TPSA) is 92.8 Å². The molecule has 1 N–H and O–H groups in total. The third kappa shape index (κ3) is 5.53. The number of esters is 1. The molecule has 166 valence electrons. The summed E-state index contributed by atoms with van der Waals surface area (Å²) in [6, 6.07) is 4.08. The molecule has 0 bridgehead atoms. The van der Waals surface area contributed by atoms with Crippen molar-refractivity contribution < 1.29 is 22.7 Å². The lowest BCUT2D eigenvalue weighted by atomic mass is 9.86. The predicted octanol–water partition coefficient (Wildman–Crippen LogP) is 3.37. The molecule has 1 saturated carbocycles. The van der Waals surface area contributed by atoms with E-state index in [4.69, 9.17) is 16.3 Å². The van der Waals surface area contributed by atoms with Crippen molar-refractivity contribution >= 4 is 33.5 Å². The number of rotatable bonds is 6. The largest absolute Gasteiger partial charge is 0.452 e. The summed E-state index contributed by atoms with van der Waals surface area (Å²) in [4.78, 5) is 24.7. The minimum atomic E-state index is -3.70. The monoisotopic (exact) mass is 456 g/mol. The first kappa shape index (κ1) is 23.0. The average Bonchev–Trinajstić information content (AvgIpc) is 2.74. The van der Waals surface area contributed by atoms with E-state index in [9.17, 15) is 18.0 Å². The van der Waals surface area contributed by atoms with Crippen LogP contribution in [0.2, 0.25) is 5.02 Å². The fraction of sp³-hybridized carbons (Fsp3) is 0.619. The molecule has 2 aliphatic rings. The number of hydrogen-bond acceptors (Lipinski definition) is 5. The molecule has 1 heterocycles. The Balaban J connectivity index is 1.64. The normalized spacial score (nSPS) is 23.0. The molecular formula is C21H29ClN2O5S. The van der Waals surface area contributed by atoms with E-state index in [1.54, 1.807) is 0 Å². The Morgan fingerprint density at radius 1 is 1.13 bits per heavy atom. The molecular weight excluding hydrogens is 428 g/mol. The zero-order valence-electron chi connectivity index (χ0n) is 17.2. The molecule has 1 saturated heterocycles. The summed E-state index contributed by atoms with van der Waals surface area (Å²) in [6.45, 7) is 2.60. The van der Waals surface area contributed by atoms with E-state index in [1.165, 1.54) is 22.5 Å². The average molecular weight is 457 g/mol. The minimum Gasteiger partial charge on any atom is -0.452 e. The van der Waals surface area contributed by atoms with Crippen LogP contribution in [-0.2, 0) is 19.6 Å². The molecule has 0 spiro atoms. The van der Waals surface area contributed by atoms with Gasteiger partial charge in [-0.25, -0.2) is 13.2 Å². The summed E-state index contributed by atoms with van der Waals surface area (Å²) < 4.78 is 32.3. The maximum Gasteiger partial charge on any atom is 0.340 e. The molecule has 1 aliphatic heterocycles. The van der Waals surface area contributed by atoms with E-state index in [1.807, 2.05) is 0 Å². The van der Waals surface area contributed by atoms with Gasteiger partial charge < -0.3 is 10.1 Å². The summed E-state index contributed by atoms with van der Waals surface area (Å²) in [5.41, 5.74) is -0.0615. The highest BCUT2D eigenvalue weighted by molar-refractivity contribution is 7.89. The molecule has 7 nitrogen and oxygen atoms in total. The van der Waals surface area contributed by atoms with Gasteiger partial charge in [0.2, 0.25) is 10.0 Å². The Morgan fingerprint density at radius 3 is 2.53 bits per heavy atom. The van der Waals surface area contributed by atoms with E-state index >= 15 is 0 Å². The van der Waals surface area contributed by atoms with Crippen LogP contribution in [0.3, 0.4) is 0 Å². The molecule has 0 radical (unpaired) electrons. The third-order valence-corrected chi connectivity index (χ3v) is 8.13. The van der Waals surface area contributed by atoms with Gasteiger partial charge in [-0.1, -0.05) is 37.8 Å². The van der Waals surface area contributed by atoms with Gasteiger partial charge in [-0.3, -0.25) is 4.79 Å². The summed E-state index contributed by atoms with van der Waals surface area (Å²) in [5.74, 6) is -0.789. The SMILES string of the molecule is C[C@@H]1CCCC[C@@H]1NC(=O)COC(=O)c1cc(S(=O)(=O)N2CCCCC2)ccc1Cl. The number of hydrogen-bond donors (Lipinski definition) is 1. The van der Waals surface area contributed by atoms with Crippen molar-refractivity contribution in [2.24, 2.45) is 5.92 Å². The van der Waals surface area contributed by atoms with Gasteiger partial charge in [0.25, 0.3) is 5.91 Å². The first-order valence-electron chi connectivity index (χ1n) is 10.5. The van der Waals surface area contributed by atoms with Crippen molar-refractivity contribution in [3.8, 4) is 0 Å². The molecule has 0 aromatic heterocycles. The van der Waals surface area contributed by atoms with E-state index in [0.717, 1.165) is 44.9 Å². The molecule has 1 aromatic carbocycles. The Morgan fingerprint density at radius 2 is 1.83 bits per heavy atom. The third-order valence-electron chi connectivity index (χ3n) is 5.90. The molecule has 1 aliphatic carbocycles. The second-order valence-corrected chi connectivity index (χ2v) is 10.5. The number of halogens is 1. The maximum absolute atomic E-state index is 12.9. The molecule has 2 atom stereocenters. The van der Waals surface area contributed by atoms with Crippen molar-refractivity contribution in [1.82, 2.24) is 9.62 Å². The Hall–Kier alpha value is -1.64. The maximum atomic E-state index is 12.9. The number of nitrogens with one attached hydrogen (secondary N) is 1. The number of sulfonamides is 1. The van der Waals surface area contributed by atoms with Crippen molar-refractivity contribution in [3.05, 3.63) is 28.8 Å². The van der Waals surface area contributed by atoms with Crippen molar-refractivity contribution in [1.29, 1.82) is 0 Å². The highest BCUT2D eigenvalue weighted by Gasteiger charge is 2.28. The lowest BCUT2D eigenvalue weighted by Crippen LogP contribution is -2.42. The van der Waals surface area contributed by atoms with Crippen LogP contribution in [0.1, 0.15) is 62.2 Å². The van der Waals surface area contributed by atoms with Gasteiger partial charge in [-0.2, -0.15) is 4.31 Å². The van der Waals surface area contributed by atoms with Crippen LogP contribution < -0.4 is 5.32 Å². The van der Waals surface area contributed by atoms with E-state index in [0.29, 0.717) is 19.0 Å². The summed E-state index contributed by atoms with van der Waals surface area (Å²) in [6.07, 6.45) is 6.86. The van der Waals surface area contributed by atoms with Crippen LogP contribution in [0.4, 0.5) is 0 Å². The first-order valence-corrected chi connectivity index (χ1v) is 12.4. The predicted molar refractivity (Wildman–Crippen MR) is 114 cm³/mol. The summed E-state index contributed by atoms with van der Waals surface area (Å²) in [5, 5.41) is 3.00.